The number of rotatable bonds is 5. The lowest BCUT2D eigenvalue weighted by Crippen LogP contribution is -2.47. The zero-order valence-electron chi connectivity index (χ0n) is 15.9. The van der Waals surface area contributed by atoms with Crippen molar-refractivity contribution in [3.05, 3.63) is 52.5 Å². The molecule has 0 saturated carbocycles. The molecule has 3 heterocycles. The Hall–Kier alpha value is -2.12. The van der Waals surface area contributed by atoms with Crippen LogP contribution >= 0.6 is 0 Å². The van der Waals surface area contributed by atoms with Crippen LogP contribution in [0.25, 0.3) is 0 Å². The van der Waals surface area contributed by atoms with Crippen LogP contribution in [0.2, 0.25) is 0 Å². The average molecular weight is 356 g/mol. The van der Waals surface area contributed by atoms with Crippen LogP contribution in [0.1, 0.15) is 32.2 Å². The summed E-state index contributed by atoms with van der Waals surface area (Å²) in [5.74, 6) is 0. The van der Waals surface area contributed by atoms with Crippen molar-refractivity contribution < 1.29 is 0 Å². The molecule has 1 fully saturated rings. The highest BCUT2D eigenvalue weighted by Crippen LogP contribution is 2.18. The van der Waals surface area contributed by atoms with E-state index in [1.165, 1.54) is 0 Å². The zero-order chi connectivity index (χ0) is 18.6. The second-order valence-corrected chi connectivity index (χ2v) is 7.85. The summed E-state index contributed by atoms with van der Waals surface area (Å²) in [7, 11) is 0. The van der Waals surface area contributed by atoms with Crippen LogP contribution in [0.5, 0.6) is 0 Å². The molecule has 1 aliphatic heterocycles. The van der Waals surface area contributed by atoms with Gasteiger partial charge in [0.25, 0.3) is 5.56 Å². The Kier molecular flexibility index (Phi) is 5.78. The van der Waals surface area contributed by atoms with Crippen LogP contribution in [-0.4, -0.2) is 62.3 Å². The molecule has 0 bridgehead atoms. The van der Waals surface area contributed by atoms with E-state index < -0.39 is 0 Å². The van der Waals surface area contributed by atoms with Crippen LogP contribution < -0.4 is 5.56 Å². The Labute approximate surface area is 154 Å². The molecule has 0 aliphatic carbocycles. The summed E-state index contributed by atoms with van der Waals surface area (Å²) < 4.78 is 1.61. The fourth-order valence-electron chi connectivity index (χ4n) is 3.06. The van der Waals surface area contributed by atoms with Crippen molar-refractivity contribution in [2.45, 2.75) is 39.3 Å². The van der Waals surface area contributed by atoms with Gasteiger partial charge >= 0.3 is 0 Å². The van der Waals surface area contributed by atoms with E-state index in [9.17, 15) is 4.79 Å². The van der Waals surface area contributed by atoms with Gasteiger partial charge < -0.3 is 0 Å². The van der Waals surface area contributed by atoms with Crippen LogP contribution in [0.3, 0.4) is 0 Å². The van der Waals surface area contributed by atoms with E-state index in [1.807, 2.05) is 12.1 Å². The molecule has 140 valence electrons. The number of hydrogen-bond donors (Lipinski definition) is 0. The number of aromatic nitrogens is 4. The van der Waals surface area contributed by atoms with Gasteiger partial charge in [0, 0.05) is 56.9 Å². The Morgan fingerprint density at radius 1 is 1.00 bits per heavy atom. The SMILES string of the molecule is CC(C)(C)c1ccc(=O)n(CCN2CCN(Cc3ccncn3)CC2)n1. The largest absolute Gasteiger partial charge is 0.299 e. The lowest BCUT2D eigenvalue weighted by atomic mass is 9.92. The van der Waals surface area contributed by atoms with Gasteiger partial charge in [-0.3, -0.25) is 14.6 Å². The van der Waals surface area contributed by atoms with Gasteiger partial charge in [-0.05, 0) is 12.1 Å². The van der Waals surface area contributed by atoms with E-state index in [2.05, 4.69) is 45.6 Å². The highest BCUT2D eigenvalue weighted by atomic mass is 16.1. The molecule has 26 heavy (non-hydrogen) atoms. The quantitative estimate of drug-likeness (QED) is 0.801. The van der Waals surface area contributed by atoms with Crippen molar-refractivity contribution in [3.8, 4) is 0 Å². The molecular weight excluding hydrogens is 328 g/mol. The predicted octanol–water partition coefficient (Wildman–Crippen LogP) is 1.15. The molecule has 0 aromatic carbocycles. The highest BCUT2D eigenvalue weighted by molar-refractivity contribution is 5.10. The summed E-state index contributed by atoms with van der Waals surface area (Å²) in [5, 5.41) is 4.55. The van der Waals surface area contributed by atoms with Crippen molar-refractivity contribution in [2.24, 2.45) is 0 Å². The minimum Gasteiger partial charge on any atom is -0.299 e. The van der Waals surface area contributed by atoms with Crippen molar-refractivity contribution in [1.29, 1.82) is 0 Å². The summed E-state index contributed by atoms with van der Waals surface area (Å²) in [6.45, 7) is 12.7. The number of nitrogens with zero attached hydrogens (tertiary/aromatic N) is 6. The summed E-state index contributed by atoms with van der Waals surface area (Å²) in [6, 6.07) is 5.44. The van der Waals surface area contributed by atoms with Crippen LogP contribution in [0, 0.1) is 0 Å². The second-order valence-electron chi connectivity index (χ2n) is 7.85. The first-order valence-electron chi connectivity index (χ1n) is 9.20. The first kappa shape index (κ1) is 18.7. The summed E-state index contributed by atoms with van der Waals surface area (Å²) >= 11 is 0. The topological polar surface area (TPSA) is 67.2 Å². The van der Waals surface area contributed by atoms with Gasteiger partial charge in [-0.1, -0.05) is 20.8 Å². The van der Waals surface area contributed by atoms with E-state index in [0.717, 1.165) is 50.7 Å². The van der Waals surface area contributed by atoms with Crippen LogP contribution in [0.15, 0.2) is 35.5 Å². The highest BCUT2D eigenvalue weighted by Gasteiger charge is 2.19. The molecule has 7 nitrogen and oxygen atoms in total. The Bertz CT molecular complexity index is 760. The fraction of sp³-hybridized carbons (Fsp3) is 0.579. The number of piperazine rings is 1. The standard InChI is InChI=1S/C19H28N6O/c1-19(2,3)17-4-5-18(26)25(22-17)13-12-23-8-10-24(11-9-23)14-16-6-7-20-15-21-16/h4-7,15H,8-14H2,1-3H3. The zero-order valence-corrected chi connectivity index (χ0v) is 15.9. The van der Waals surface area contributed by atoms with E-state index in [0.29, 0.717) is 6.54 Å². The summed E-state index contributed by atoms with van der Waals surface area (Å²) in [6.07, 6.45) is 3.39. The van der Waals surface area contributed by atoms with Gasteiger partial charge in [0.2, 0.25) is 0 Å². The van der Waals surface area contributed by atoms with Gasteiger partial charge in [0.1, 0.15) is 6.33 Å². The van der Waals surface area contributed by atoms with Gasteiger partial charge in [-0.2, -0.15) is 5.10 Å². The molecule has 0 spiro atoms. The Balaban J connectivity index is 1.50. The second kappa shape index (κ2) is 8.05. The molecule has 0 atom stereocenters. The molecule has 0 amide bonds. The minimum absolute atomic E-state index is 0.0274. The molecular formula is C19H28N6O. The lowest BCUT2D eigenvalue weighted by Gasteiger charge is -2.34. The maximum atomic E-state index is 12.1. The first-order valence-corrected chi connectivity index (χ1v) is 9.20. The van der Waals surface area contributed by atoms with Crippen LogP contribution in [-0.2, 0) is 18.5 Å². The third kappa shape index (κ3) is 4.95. The monoisotopic (exact) mass is 356 g/mol. The molecule has 1 aliphatic rings. The van der Waals surface area contributed by atoms with Crippen molar-refractivity contribution in [2.75, 3.05) is 32.7 Å². The van der Waals surface area contributed by atoms with Gasteiger partial charge in [0.05, 0.1) is 17.9 Å². The maximum absolute atomic E-state index is 12.1. The van der Waals surface area contributed by atoms with E-state index in [4.69, 9.17) is 0 Å². The minimum atomic E-state index is -0.0535. The number of hydrogen-bond acceptors (Lipinski definition) is 6. The lowest BCUT2D eigenvalue weighted by molar-refractivity contribution is 0.121. The smallest absolute Gasteiger partial charge is 0.266 e. The first-order chi connectivity index (χ1) is 12.4. The molecule has 2 aromatic heterocycles. The normalized spacial score (nSPS) is 16.7. The van der Waals surface area contributed by atoms with Gasteiger partial charge in [0.15, 0.2) is 0 Å². The average Bonchev–Trinajstić information content (AvgIpc) is 2.62. The molecule has 0 radical (unpaired) electrons. The molecule has 2 aromatic rings. The summed E-state index contributed by atoms with van der Waals surface area (Å²) in [5.41, 5.74) is 1.93. The molecule has 3 rings (SSSR count). The third-order valence-electron chi connectivity index (χ3n) is 4.76. The van der Waals surface area contributed by atoms with Crippen molar-refractivity contribution >= 4 is 0 Å². The molecule has 0 N–H and O–H groups in total. The fourth-order valence-corrected chi connectivity index (χ4v) is 3.06. The van der Waals surface area contributed by atoms with Crippen LogP contribution in [0.4, 0.5) is 0 Å². The molecule has 1 saturated heterocycles. The Morgan fingerprint density at radius 3 is 2.38 bits per heavy atom. The Morgan fingerprint density at radius 2 is 1.73 bits per heavy atom. The van der Waals surface area contributed by atoms with Gasteiger partial charge in [-0.15, -0.1) is 0 Å². The van der Waals surface area contributed by atoms with E-state index in [-0.39, 0.29) is 11.0 Å². The summed E-state index contributed by atoms with van der Waals surface area (Å²) in [4.78, 5) is 25.1. The van der Waals surface area contributed by atoms with Gasteiger partial charge in [-0.25, -0.2) is 14.6 Å². The molecule has 0 unspecified atom stereocenters. The maximum Gasteiger partial charge on any atom is 0.266 e. The van der Waals surface area contributed by atoms with Crippen molar-refractivity contribution in [1.82, 2.24) is 29.5 Å². The third-order valence-corrected chi connectivity index (χ3v) is 4.76. The van der Waals surface area contributed by atoms with E-state index in [1.54, 1.807) is 23.3 Å². The van der Waals surface area contributed by atoms with E-state index >= 15 is 0 Å². The predicted molar refractivity (Wildman–Crippen MR) is 101 cm³/mol. The molecule has 7 heteroatoms. The van der Waals surface area contributed by atoms with Crippen molar-refractivity contribution in [3.63, 3.8) is 0 Å².